The van der Waals surface area contributed by atoms with Crippen molar-refractivity contribution in [3.05, 3.63) is 71.0 Å². The van der Waals surface area contributed by atoms with E-state index in [-0.39, 0.29) is 18.3 Å². The third-order valence-corrected chi connectivity index (χ3v) is 4.09. The topological polar surface area (TPSA) is 46.3 Å². The van der Waals surface area contributed by atoms with E-state index in [2.05, 4.69) is 0 Å². The van der Waals surface area contributed by atoms with Crippen LogP contribution in [-0.2, 0) is 17.5 Å². The average Bonchev–Trinajstić information content (AvgIpc) is 2.55. The van der Waals surface area contributed by atoms with Crippen LogP contribution in [0.1, 0.15) is 22.7 Å². The SMILES string of the molecule is N[C@@H]1C(=O)N(Cc2ccc(F)cc2)[C@@H]1c1ccc(C(F)(F)F)cc1. The van der Waals surface area contributed by atoms with E-state index in [9.17, 15) is 22.4 Å². The molecule has 1 fully saturated rings. The van der Waals surface area contributed by atoms with Gasteiger partial charge in [-0.2, -0.15) is 13.2 Å². The fourth-order valence-corrected chi connectivity index (χ4v) is 2.79. The lowest BCUT2D eigenvalue weighted by atomic mass is 9.88. The number of rotatable bonds is 3. The second kappa shape index (κ2) is 5.90. The Morgan fingerprint density at radius 3 is 2.12 bits per heavy atom. The summed E-state index contributed by atoms with van der Waals surface area (Å²) in [4.78, 5) is 13.5. The van der Waals surface area contributed by atoms with Crippen LogP contribution < -0.4 is 5.73 Å². The van der Waals surface area contributed by atoms with E-state index in [0.717, 1.165) is 12.1 Å². The molecule has 2 aromatic rings. The van der Waals surface area contributed by atoms with Crippen molar-refractivity contribution >= 4 is 5.91 Å². The molecule has 0 aromatic heterocycles. The van der Waals surface area contributed by atoms with Gasteiger partial charge in [0.2, 0.25) is 5.91 Å². The van der Waals surface area contributed by atoms with Crippen molar-refractivity contribution in [2.24, 2.45) is 5.73 Å². The van der Waals surface area contributed by atoms with E-state index in [0.29, 0.717) is 11.1 Å². The first-order chi connectivity index (χ1) is 11.3. The molecule has 0 saturated carbocycles. The Bertz CT molecular complexity index is 741. The molecule has 2 aromatic carbocycles. The number of β-lactam (4-membered cyclic amide) rings is 1. The number of alkyl halides is 3. The Labute approximate surface area is 135 Å². The molecule has 1 aliphatic heterocycles. The standard InChI is InChI=1S/C17H14F4N2O/c18-13-7-1-10(2-8-13)9-23-15(14(22)16(23)24)11-3-5-12(6-4-11)17(19,20)21/h1-8,14-15H,9,22H2/t14-,15+/m0/s1. The van der Waals surface area contributed by atoms with Crippen LogP contribution in [0.2, 0.25) is 0 Å². The maximum absolute atomic E-state index is 12.9. The van der Waals surface area contributed by atoms with Crippen LogP contribution in [0.4, 0.5) is 17.6 Å². The number of hydrogen-bond donors (Lipinski definition) is 1. The molecule has 0 unspecified atom stereocenters. The Morgan fingerprint density at radius 1 is 1.00 bits per heavy atom. The summed E-state index contributed by atoms with van der Waals surface area (Å²) in [6.45, 7) is 0.221. The van der Waals surface area contributed by atoms with Gasteiger partial charge >= 0.3 is 6.18 Å². The highest BCUT2D eigenvalue weighted by molar-refractivity contribution is 5.89. The summed E-state index contributed by atoms with van der Waals surface area (Å²) in [6.07, 6.45) is -4.41. The number of halogens is 4. The zero-order chi connectivity index (χ0) is 17.5. The Balaban J connectivity index is 1.80. The molecule has 0 aliphatic carbocycles. The van der Waals surface area contributed by atoms with E-state index in [1.807, 2.05) is 0 Å². The summed E-state index contributed by atoms with van der Waals surface area (Å²) in [5.74, 6) is -0.672. The molecule has 2 atom stereocenters. The molecular formula is C17H14F4N2O. The van der Waals surface area contributed by atoms with Gasteiger partial charge < -0.3 is 10.6 Å². The van der Waals surface area contributed by atoms with Gasteiger partial charge in [0.05, 0.1) is 11.6 Å². The zero-order valence-electron chi connectivity index (χ0n) is 12.4. The first-order valence-electron chi connectivity index (χ1n) is 7.25. The van der Waals surface area contributed by atoms with E-state index in [1.54, 1.807) is 12.1 Å². The van der Waals surface area contributed by atoms with Gasteiger partial charge in [0.25, 0.3) is 0 Å². The van der Waals surface area contributed by atoms with E-state index < -0.39 is 23.8 Å². The summed E-state index contributed by atoms with van der Waals surface area (Å²) in [6, 6.07) is 9.00. The molecular weight excluding hydrogens is 324 g/mol. The van der Waals surface area contributed by atoms with Crippen LogP contribution in [-0.4, -0.2) is 16.8 Å². The van der Waals surface area contributed by atoms with Crippen LogP contribution in [0, 0.1) is 5.82 Å². The van der Waals surface area contributed by atoms with Crippen LogP contribution in [0.5, 0.6) is 0 Å². The minimum atomic E-state index is -4.41. The molecule has 1 amide bonds. The van der Waals surface area contributed by atoms with Gasteiger partial charge in [-0.3, -0.25) is 4.79 Å². The molecule has 126 valence electrons. The Morgan fingerprint density at radius 2 is 1.58 bits per heavy atom. The van der Waals surface area contributed by atoms with Crippen molar-refractivity contribution < 1.29 is 22.4 Å². The minimum Gasteiger partial charge on any atom is -0.328 e. The van der Waals surface area contributed by atoms with Crippen LogP contribution >= 0.6 is 0 Å². The average molecular weight is 338 g/mol. The third-order valence-electron chi connectivity index (χ3n) is 4.09. The van der Waals surface area contributed by atoms with Gasteiger partial charge in [0.15, 0.2) is 0 Å². The second-order valence-electron chi connectivity index (χ2n) is 5.68. The van der Waals surface area contributed by atoms with Crippen LogP contribution in [0.3, 0.4) is 0 Å². The number of nitrogens with two attached hydrogens (primary N) is 1. The third kappa shape index (κ3) is 2.99. The molecule has 1 aliphatic rings. The normalized spacial score (nSPS) is 20.9. The Hall–Kier alpha value is -2.41. The van der Waals surface area contributed by atoms with Gasteiger partial charge in [0.1, 0.15) is 11.9 Å². The molecule has 2 N–H and O–H groups in total. The van der Waals surface area contributed by atoms with E-state index in [4.69, 9.17) is 5.73 Å². The fourth-order valence-electron chi connectivity index (χ4n) is 2.79. The van der Waals surface area contributed by atoms with Crippen molar-refractivity contribution in [2.75, 3.05) is 0 Å². The van der Waals surface area contributed by atoms with Crippen molar-refractivity contribution in [1.82, 2.24) is 4.90 Å². The van der Waals surface area contributed by atoms with Gasteiger partial charge in [0, 0.05) is 6.54 Å². The highest BCUT2D eigenvalue weighted by Gasteiger charge is 2.45. The second-order valence-corrected chi connectivity index (χ2v) is 5.68. The van der Waals surface area contributed by atoms with E-state index in [1.165, 1.54) is 29.2 Å². The quantitative estimate of drug-likeness (QED) is 0.690. The van der Waals surface area contributed by atoms with Crippen LogP contribution in [0.25, 0.3) is 0 Å². The lowest BCUT2D eigenvalue weighted by Gasteiger charge is -2.45. The molecule has 7 heteroatoms. The van der Waals surface area contributed by atoms with Crippen molar-refractivity contribution in [3.8, 4) is 0 Å². The maximum atomic E-state index is 12.9. The summed E-state index contributed by atoms with van der Waals surface area (Å²) in [5.41, 5.74) is 6.32. The van der Waals surface area contributed by atoms with Gasteiger partial charge in [-0.1, -0.05) is 24.3 Å². The molecule has 3 rings (SSSR count). The summed E-state index contributed by atoms with van der Waals surface area (Å²) >= 11 is 0. The first-order valence-corrected chi connectivity index (χ1v) is 7.25. The monoisotopic (exact) mass is 338 g/mol. The smallest absolute Gasteiger partial charge is 0.328 e. The number of nitrogens with zero attached hydrogens (tertiary/aromatic N) is 1. The molecule has 1 heterocycles. The number of carbonyl (C=O) groups excluding carboxylic acids is 1. The molecule has 0 spiro atoms. The highest BCUT2D eigenvalue weighted by Crippen LogP contribution is 2.37. The molecule has 24 heavy (non-hydrogen) atoms. The number of benzene rings is 2. The summed E-state index contributed by atoms with van der Waals surface area (Å²) < 4.78 is 50.8. The van der Waals surface area contributed by atoms with Gasteiger partial charge in [-0.25, -0.2) is 4.39 Å². The number of likely N-dealkylation sites (tertiary alicyclic amines) is 1. The lowest BCUT2D eigenvalue weighted by molar-refractivity contribution is -0.150. The summed E-state index contributed by atoms with van der Waals surface area (Å²) in [7, 11) is 0. The predicted octanol–water partition coefficient (Wildman–Crippen LogP) is 3.26. The number of carbonyl (C=O) groups is 1. The zero-order valence-corrected chi connectivity index (χ0v) is 12.4. The largest absolute Gasteiger partial charge is 0.416 e. The fraction of sp³-hybridized carbons (Fsp3) is 0.235. The van der Waals surface area contributed by atoms with Gasteiger partial charge in [-0.05, 0) is 35.4 Å². The lowest BCUT2D eigenvalue weighted by Crippen LogP contribution is -2.62. The van der Waals surface area contributed by atoms with Crippen molar-refractivity contribution in [3.63, 3.8) is 0 Å². The predicted molar refractivity (Wildman–Crippen MR) is 79.1 cm³/mol. The molecule has 3 nitrogen and oxygen atoms in total. The van der Waals surface area contributed by atoms with Crippen molar-refractivity contribution in [1.29, 1.82) is 0 Å². The highest BCUT2D eigenvalue weighted by atomic mass is 19.4. The van der Waals surface area contributed by atoms with Crippen molar-refractivity contribution in [2.45, 2.75) is 24.8 Å². The summed E-state index contributed by atoms with van der Waals surface area (Å²) in [5, 5.41) is 0. The van der Waals surface area contributed by atoms with Gasteiger partial charge in [-0.15, -0.1) is 0 Å². The molecule has 1 saturated heterocycles. The minimum absolute atomic E-state index is 0.221. The maximum Gasteiger partial charge on any atom is 0.416 e. The van der Waals surface area contributed by atoms with E-state index >= 15 is 0 Å². The van der Waals surface area contributed by atoms with Crippen LogP contribution in [0.15, 0.2) is 48.5 Å². The molecule has 0 radical (unpaired) electrons. The Kier molecular flexibility index (Phi) is 4.04. The number of hydrogen-bond acceptors (Lipinski definition) is 2. The molecule has 0 bridgehead atoms. The number of amides is 1. The first kappa shape index (κ1) is 16.4.